The van der Waals surface area contributed by atoms with E-state index in [9.17, 15) is 8.42 Å². The number of rotatable bonds is 5. The van der Waals surface area contributed by atoms with Gasteiger partial charge in [-0.2, -0.15) is 0 Å². The van der Waals surface area contributed by atoms with Crippen molar-refractivity contribution in [1.82, 2.24) is 4.72 Å². The van der Waals surface area contributed by atoms with E-state index >= 15 is 0 Å². The molecule has 4 heteroatoms. The number of benzene rings is 1. The van der Waals surface area contributed by atoms with Crippen molar-refractivity contribution in [2.24, 2.45) is 0 Å². The summed E-state index contributed by atoms with van der Waals surface area (Å²) in [5.74, 6) is 0.123. The summed E-state index contributed by atoms with van der Waals surface area (Å²) in [7, 11) is -3.11. The molecule has 0 aromatic heterocycles. The lowest BCUT2D eigenvalue weighted by molar-refractivity contribution is 0.502. The van der Waals surface area contributed by atoms with Crippen molar-refractivity contribution in [3.63, 3.8) is 0 Å². The first-order valence-corrected chi connectivity index (χ1v) is 7.05. The Kier molecular flexibility index (Phi) is 4.10. The zero-order chi connectivity index (χ0) is 12.2. The molecule has 0 spiro atoms. The molecule has 0 aliphatic carbocycles. The van der Waals surface area contributed by atoms with Gasteiger partial charge >= 0.3 is 0 Å². The monoisotopic (exact) mass is 241 g/mol. The lowest BCUT2D eigenvalue weighted by Crippen LogP contribution is -2.37. The van der Waals surface area contributed by atoms with Crippen LogP contribution in [0.2, 0.25) is 0 Å². The summed E-state index contributed by atoms with van der Waals surface area (Å²) >= 11 is 0. The molecule has 0 aliphatic rings. The Morgan fingerprint density at radius 1 is 1.19 bits per heavy atom. The van der Waals surface area contributed by atoms with Crippen LogP contribution in [0.15, 0.2) is 30.3 Å². The Morgan fingerprint density at radius 2 is 1.75 bits per heavy atom. The standard InChI is InChI=1S/C12H19NO2S/c1-4-16(14,15)13-10-12(2,3)11-8-6-5-7-9-11/h5-9,13H,4,10H2,1-3H3. The average Bonchev–Trinajstić information content (AvgIpc) is 2.28. The Labute approximate surface area is 97.9 Å². The van der Waals surface area contributed by atoms with E-state index in [0.29, 0.717) is 6.54 Å². The molecule has 1 aromatic rings. The molecule has 16 heavy (non-hydrogen) atoms. The van der Waals surface area contributed by atoms with Crippen LogP contribution in [-0.4, -0.2) is 20.7 Å². The maximum Gasteiger partial charge on any atom is 0.211 e. The van der Waals surface area contributed by atoms with Crippen LogP contribution < -0.4 is 4.72 Å². The second-order valence-corrected chi connectivity index (χ2v) is 6.57. The van der Waals surface area contributed by atoms with E-state index in [0.717, 1.165) is 5.56 Å². The van der Waals surface area contributed by atoms with E-state index < -0.39 is 10.0 Å². The SMILES string of the molecule is CCS(=O)(=O)NCC(C)(C)c1ccccc1. The van der Waals surface area contributed by atoms with Crippen LogP contribution in [0.25, 0.3) is 0 Å². The molecule has 0 unspecified atom stereocenters. The predicted molar refractivity (Wildman–Crippen MR) is 66.9 cm³/mol. The van der Waals surface area contributed by atoms with Gasteiger partial charge < -0.3 is 0 Å². The summed E-state index contributed by atoms with van der Waals surface area (Å²) < 4.78 is 25.4. The first-order valence-electron chi connectivity index (χ1n) is 5.40. The van der Waals surface area contributed by atoms with E-state index in [1.54, 1.807) is 6.92 Å². The highest BCUT2D eigenvalue weighted by Gasteiger charge is 2.22. The molecule has 0 radical (unpaired) electrons. The topological polar surface area (TPSA) is 46.2 Å². The molecule has 1 aromatic carbocycles. The predicted octanol–water partition coefficient (Wildman–Crippen LogP) is 1.90. The normalized spacial score (nSPS) is 12.7. The van der Waals surface area contributed by atoms with Crippen molar-refractivity contribution < 1.29 is 8.42 Å². The van der Waals surface area contributed by atoms with Gasteiger partial charge in [-0.15, -0.1) is 0 Å². The van der Waals surface area contributed by atoms with Crippen molar-refractivity contribution in [2.75, 3.05) is 12.3 Å². The summed E-state index contributed by atoms with van der Waals surface area (Å²) in [5.41, 5.74) is 0.942. The zero-order valence-corrected chi connectivity index (χ0v) is 10.8. The molecule has 90 valence electrons. The first kappa shape index (κ1) is 13.2. The van der Waals surface area contributed by atoms with Crippen LogP contribution in [0.4, 0.5) is 0 Å². The molecule has 0 saturated carbocycles. The van der Waals surface area contributed by atoms with Gasteiger partial charge in [-0.25, -0.2) is 13.1 Å². The summed E-state index contributed by atoms with van der Waals surface area (Å²) in [6.45, 7) is 6.12. The molecular weight excluding hydrogens is 222 g/mol. The van der Waals surface area contributed by atoms with Crippen LogP contribution in [0.3, 0.4) is 0 Å². The lowest BCUT2D eigenvalue weighted by atomic mass is 9.85. The summed E-state index contributed by atoms with van der Waals surface area (Å²) in [6, 6.07) is 9.91. The molecule has 0 atom stereocenters. The highest BCUT2D eigenvalue weighted by atomic mass is 32.2. The van der Waals surface area contributed by atoms with Crippen LogP contribution in [0.1, 0.15) is 26.3 Å². The fourth-order valence-corrected chi connectivity index (χ4v) is 2.17. The summed E-state index contributed by atoms with van der Waals surface area (Å²) in [6.07, 6.45) is 0. The summed E-state index contributed by atoms with van der Waals surface area (Å²) in [4.78, 5) is 0. The van der Waals surface area contributed by atoms with Crippen LogP contribution >= 0.6 is 0 Å². The van der Waals surface area contributed by atoms with Gasteiger partial charge in [0.1, 0.15) is 0 Å². The third kappa shape index (κ3) is 3.61. The Hall–Kier alpha value is -0.870. The van der Waals surface area contributed by atoms with Crippen molar-refractivity contribution in [2.45, 2.75) is 26.2 Å². The number of hydrogen-bond acceptors (Lipinski definition) is 2. The van der Waals surface area contributed by atoms with Gasteiger partial charge in [0.2, 0.25) is 10.0 Å². The van der Waals surface area contributed by atoms with Crippen LogP contribution in [0, 0.1) is 0 Å². The van der Waals surface area contributed by atoms with Crippen molar-refractivity contribution >= 4 is 10.0 Å². The molecular formula is C12H19NO2S. The van der Waals surface area contributed by atoms with Gasteiger partial charge in [0, 0.05) is 12.0 Å². The third-order valence-electron chi connectivity index (χ3n) is 2.67. The quantitative estimate of drug-likeness (QED) is 0.856. The zero-order valence-electron chi connectivity index (χ0n) is 10.0. The lowest BCUT2D eigenvalue weighted by Gasteiger charge is -2.25. The number of sulfonamides is 1. The maximum absolute atomic E-state index is 11.4. The largest absolute Gasteiger partial charge is 0.214 e. The smallest absolute Gasteiger partial charge is 0.211 e. The third-order valence-corrected chi connectivity index (χ3v) is 4.01. The highest BCUT2D eigenvalue weighted by Crippen LogP contribution is 2.21. The second-order valence-electron chi connectivity index (χ2n) is 4.47. The van der Waals surface area contributed by atoms with Gasteiger partial charge in [0.15, 0.2) is 0 Å². The van der Waals surface area contributed by atoms with E-state index in [1.165, 1.54) is 0 Å². The average molecular weight is 241 g/mol. The van der Waals surface area contributed by atoms with Crippen molar-refractivity contribution in [3.8, 4) is 0 Å². The van der Waals surface area contributed by atoms with Gasteiger partial charge in [-0.3, -0.25) is 0 Å². The molecule has 3 nitrogen and oxygen atoms in total. The summed E-state index contributed by atoms with van der Waals surface area (Å²) in [5, 5.41) is 0. The molecule has 1 rings (SSSR count). The fraction of sp³-hybridized carbons (Fsp3) is 0.500. The Bertz CT molecular complexity index is 424. The Balaban J connectivity index is 2.74. The molecule has 0 aliphatic heterocycles. The van der Waals surface area contributed by atoms with Crippen LogP contribution in [-0.2, 0) is 15.4 Å². The first-order chi connectivity index (χ1) is 7.37. The van der Waals surface area contributed by atoms with E-state index in [2.05, 4.69) is 4.72 Å². The minimum absolute atomic E-state index is 0.123. The van der Waals surface area contributed by atoms with Crippen molar-refractivity contribution in [3.05, 3.63) is 35.9 Å². The molecule has 0 saturated heterocycles. The fourth-order valence-electron chi connectivity index (χ4n) is 1.38. The van der Waals surface area contributed by atoms with E-state index in [1.807, 2.05) is 44.2 Å². The maximum atomic E-state index is 11.4. The van der Waals surface area contributed by atoms with Gasteiger partial charge in [-0.1, -0.05) is 44.2 Å². The van der Waals surface area contributed by atoms with E-state index in [4.69, 9.17) is 0 Å². The minimum atomic E-state index is -3.11. The number of nitrogens with one attached hydrogen (secondary N) is 1. The van der Waals surface area contributed by atoms with Gasteiger partial charge in [-0.05, 0) is 12.5 Å². The second kappa shape index (κ2) is 4.97. The molecule has 0 heterocycles. The number of hydrogen-bond donors (Lipinski definition) is 1. The highest BCUT2D eigenvalue weighted by molar-refractivity contribution is 7.89. The van der Waals surface area contributed by atoms with Crippen molar-refractivity contribution in [1.29, 1.82) is 0 Å². The minimum Gasteiger partial charge on any atom is -0.214 e. The molecule has 0 fully saturated rings. The Morgan fingerprint density at radius 3 is 2.25 bits per heavy atom. The van der Waals surface area contributed by atoms with Gasteiger partial charge in [0.05, 0.1) is 5.75 Å². The molecule has 0 amide bonds. The van der Waals surface area contributed by atoms with Crippen LogP contribution in [0.5, 0.6) is 0 Å². The molecule has 1 N–H and O–H groups in total. The van der Waals surface area contributed by atoms with E-state index in [-0.39, 0.29) is 11.2 Å². The molecule has 0 bridgehead atoms. The van der Waals surface area contributed by atoms with Gasteiger partial charge in [0.25, 0.3) is 0 Å².